The van der Waals surface area contributed by atoms with Crippen molar-refractivity contribution in [3.8, 4) is 11.6 Å². The monoisotopic (exact) mass is 262 g/mol. The van der Waals surface area contributed by atoms with Crippen molar-refractivity contribution in [2.75, 3.05) is 12.4 Å². The molecule has 94 valence electrons. The minimum absolute atomic E-state index is 0.108. The van der Waals surface area contributed by atoms with Crippen molar-refractivity contribution in [3.05, 3.63) is 42.1 Å². The summed E-state index contributed by atoms with van der Waals surface area (Å²) in [6.45, 7) is 2.00. The second kappa shape index (κ2) is 6.37. The first-order valence-electron chi connectivity index (χ1n) is 5.60. The molecule has 18 heavy (non-hydrogen) atoms. The Morgan fingerprint density at radius 1 is 1.22 bits per heavy atom. The van der Waals surface area contributed by atoms with E-state index in [1.165, 1.54) is 11.8 Å². The van der Waals surface area contributed by atoms with Crippen molar-refractivity contribution in [2.24, 2.45) is 0 Å². The Balaban J connectivity index is 2.15. The molecule has 1 heterocycles. The number of hydrogen-bond donors (Lipinski definition) is 1. The summed E-state index contributed by atoms with van der Waals surface area (Å²) in [6, 6.07) is 11.3. The number of ether oxygens (including phenoxy) is 1. The van der Waals surface area contributed by atoms with Crippen LogP contribution in [0, 0.1) is 6.92 Å². The van der Waals surface area contributed by atoms with Gasteiger partial charge < -0.3 is 9.84 Å². The maximum atomic E-state index is 8.79. The van der Waals surface area contributed by atoms with E-state index in [1.54, 1.807) is 6.07 Å². The number of thioether (sulfide) groups is 1. The van der Waals surface area contributed by atoms with Crippen LogP contribution in [0.5, 0.6) is 11.6 Å². The molecule has 5 heteroatoms. The molecule has 2 aromatic rings. The van der Waals surface area contributed by atoms with Gasteiger partial charge in [0.05, 0.1) is 6.61 Å². The van der Waals surface area contributed by atoms with E-state index in [0.29, 0.717) is 16.8 Å². The molecule has 0 unspecified atom stereocenters. The first-order valence-corrected chi connectivity index (χ1v) is 6.59. The predicted octanol–water partition coefficient (Wildman–Crippen LogP) is 2.66. The summed E-state index contributed by atoms with van der Waals surface area (Å²) < 4.78 is 5.65. The van der Waals surface area contributed by atoms with Crippen molar-refractivity contribution >= 4 is 11.8 Å². The number of aliphatic hydroxyl groups is 1. The summed E-state index contributed by atoms with van der Waals surface area (Å²) in [4.78, 5) is 8.56. The number of nitrogens with zero attached hydrogens (tertiary/aromatic N) is 2. The second-order valence-corrected chi connectivity index (χ2v) is 4.68. The average molecular weight is 262 g/mol. The molecule has 1 N–H and O–H groups in total. The molecule has 1 aromatic carbocycles. The average Bonchev–Trinajstić information content (AvgIpc) is 2.37. The Hall–Kier alpha value is -1.59. The van der Waals surface area contributed by atoms with Crippen molar-refractivity contribution in [1.82, 2.24) is 9.97 Å². The Labute approximate surface area is 110 Å². The Morgan fingerprint density at radius 2 is 2.00 bits per heavy atom. The van der Waals surface area contributed by atoms with E-state index in [4.69, 9.17) is 9.84 Å². The fourth-order valence-corrected chi connectivity index (χ4v) is 2.01. The molecule has 2 rings (SSSR count). The minimum atomic E-state index is 0.108. The normalized spacial score (nSPS) is 10.3. The molecular formula is C13H14N2O2S. The van der Waals surface area contributed by atoms with Gasteiger partial charge in [-0.3, -0.25) is 0 Å². The van der Waals surface area contributed by atoms with Crippen LogP contribution in [0.4, 0.5) is 0 Å². The molecule has 0 radical (unpaired) electrons. The van der Waals surface area contributed by atoms with E-state index in [1.807, 2.05) is 37.3 Å². The third kappa shape index (κ3) is 3.72. The number of rotatable bonds is 5. The van der Waals surface area contributed by atoms with Gasteiger partial charge in [-0.1, -0.05) is 30.0 Å². The summed E-state index contributed by atoms with van der Waals surface area (Å²) in [5.74, 6) is 1.84. The molecule has 1 aromatic heterocycles. The third-order valence-electron chi connectivity index (χ3n) is 2.10. The number of aryl methyl sites for hydroxylation is 1. The highest BCUT2D eigenvalue weighted by atomic mass is 32.2. The summed E-state index contributed by atoms with van der Waals surface area (Å²) in [5, 5.41) is 9.41. The van der Waals surface area contributed by atoms with Crippen LogP contribution in [-0.2, 0) is 0 Å². The van der Waals surface area contributed by atoms with Crippen LogP contribution in [0.15, 0.2) is 41.6 Å². The highest BCUT2D eigenvalue weighted by molar-refractivity contribution is 7.99. The van der Waals surface area contributed by atoms with Crippen LogP contribution in [0.25, 0.3) is 0 Å². The number of hydrogen-bond acceptors (Lipinski definition) is 5. The molecule has 0 amide bonds. The summed E-state index contributed by atoms with van der Waals surface area (Å²) in [5.41, 5.74) is 0.844. The van der Waals surface area contributed by atoms with Crippen molar-refractivity contribution in [3.63, 3.8) is 0 Å². The van der Waals surface area contributed by atoms with E-state index in [0.717, 1.165) is 11.4 Å². The van der Waals surface area contributed by atoms with Crippen LogP contribution in [0.3, 0.4) is 0 Å². The number of aliphatic hydroxyl groups excluding tert-OH is 1. The zero-order valence-electron chi connectivity index (χ0n) is 10.0. The molecule has 0 atom stereocenters. The standard InChI is InChI=1S/C13H14N2O2S/c1-10-9-12(15-13(14-10)18-8-7-16)17-11-5-3-2-4-6-11/h2-6,9,16H,7-8H2,1H3. The predicted molar refractivity (Wildman–Crippen MR) is 71.1 cm³/mol. The fraction of sp³-hybridized carbons (Fsp3) is 0.231. The molecule has 0 spiro atoms. The zero-order chi connectivity index (χ0) is 12.8. The fourth-order valence-electron chi connectivity index (χ4n) is 1.38. The maximum absolute atomic E-state index is 8.79. The van der Waals surface area contributed by atoms with Gasteiger partial charge in [-0.05, 0) is 19.1 Å². The Kier molecular flexibility index (Phi) is 4.55. The van der Waals surface area contributed by atoms with Gasteiger partial charge in [0.2, 0.25) is 5.88 Å². The summed E-state index contributed by atoms with van der Waals surface area (Å²) >= 11 is 1.41. The molecule has 0 fully saturated rings. The van der Waals surface area contributed by atoms with E-state index in [9.17, 15) is 0 Å². The van der Waals surface area contributed by atoms with E-state index in [-0.39, 0.29) is 6.61 Å². The summed E-state index contributed by atoms with van der Waals surface area (Å²) in [7, 11) is 0. The Bertz CT molecular complexity index is 506. The molecular weight excluding hydrogens is 248 g/mol. The van der Waals surface area contributed by atoms with E-state index in [2.05, 4.69) is 9.97 Å². The first kappa shape index (κ1) is 12.9. The van der Waals surface area contributed by atoms with Gasteiger partial charge in [-0.2, -0.15) is 4.98 Å². The van der Waals surface area contributed by atoms with E-state index < -0.39 is 0 Å². The van der Waals surface area contributed by atoms with Gasteiger partial charge in [0.25, 0.3) is 0 Å². The molecule has 0 saturated heterocycles. The second-order valence-electron chi connectivity index (χ2n) is 3.62. The van der Waals surface area contributed by atoms with Crippen LogP contribution >= 0.6 is 11.8 Å². The SMILES string of the molecule is Cc1cc(Oc2ccccc2)nc(SCCO)n1. The smallest absolute Gasteiger partial charge is 0.223 e. The van der Waals surface area contributed by atoms with Gasteiger partial charge >= 0.3 is 0 Å². The molecule has 0 bridgehead atoms. The van der Waals surface area contributed by atoms with Crippen LogP contribution in [0.2, 0.25) is 0 Å². The topological polar surface area (TPSA) is 55.2 Å². The third-order valence-corrected chi connectivity index (χ3v) is 2.93. The number of aromatic nitrogens is 2. The van der Waals surface area contributed by atoms with Crippen LogP contribution in [0.1, 0.15) is 5.69 Å². The van der Waals surface area contributed by atoms with Crippen molar-refractivity contribution in [1.29, 1.82) is 0 Å². The zero-order valence-corrected chi connectivity index (χ0v) is 10.9. The van der Waals surface area contributed by atoms with E-state index >= 15 is 0 Å². The molecule has 0 aliphatic carbocycles. The first-order chi connectivity index (χ1) is 8.78. The molecule has 0 aliphatic rings. The van der Waals surface area contributed by atoms with Gasteiger partial charge in [0, 0.05) is 17.5 Å². The largest absolute Gasteiger partial charge is 0.439 e. The quantitative estimate of drug-likeness (QED) is 0.663. The molecule has 0 aliphatic heterocycles. The van der Waals surface area contributed by atoms with Gasteiger partial charge in [-0.15, -0.1) is 0 Å². The van der Waals surface area contributed by atoms with Crippen LogP contribution < -0.4 is 4.74 Å². The maximum Gasteiger partial charge on any atom is 0.223 e. The van der Waals surface area contributed by atoms with Crippen molar-refractivity contribution in [2.45, 2.75) is 12.1 Å². The lowest BCUT2D eigenvalue weighted by Gasteiger charge is -2.06. The highest BCUT2D eigenvalue weighted by Gasteiger charge is 2.04. The van der Waals surface area contributed by atoms with Gasteiger partial charge in [0.15, 0.2) is 5.16 Å². The number of para-hydroxylation sites is 1. The lowest BCUT2D eigenvalue weighted by molar-refractivity contribution is 0.322. The minimum Gasteiger partial charge on any atom is -0.439 e. The van der Waals surface area contributed by atoms with Crippen LogP contribution in [-0.4, -0.2) is 27.4 Å². The van der Waals surface area contributed by atoms with Crippen molar-refractivity contribution < 1.29 is 9.84 Å². The van der Waals surface area contributed by atoms with Gasteiger partial charge in [0.1, 0.15) is 5.75 Å². The lowest BCUT2D eigenvalue weighted by atomic mass is 10.3. The molecule has 4 nitrogen and oxygen atoms in total. The summed E-state index contributed by atoms with van der Waals surface area (Å²) in [6.07, 6.45) is 0. The lowest BCUT2D eigenvalue weighted by Crippen LogP contribution is -1.96. The number of benzene rings is 1. The Morgan fingerprint density at radius 3 is 2.72 bits per heavy atom. The van der Waals surface area contributed by atoms with Gasteiger partial charge in [-0.25, -0.2) is 4.98 Å². The highest BCUT2D eigenvalue weighted by Crippen LogP contribution is 2.22. The molecule has 0 saturated carbocycles.